The predicted molar refractivity (Wildman–Crippen MR) is 109 cm³/mol. The van der Waals surface area contributed by atoms with Crippen LogP contribution in [0, 0.1) is 0 Å². The molecule has 1 amide bonds. The third-order valence-electron chi connectivity index (χ3n) is 3.92. The van der Waals surface area contributed by atoms with E-state index < -0.39 is 6.10 Å². The van der Waals surface area contributed by atoms with Crippen molar-refractivity contribution in [2.75, 3.05) is 5.32 Å². The number of aromatic nitrogens is 1. The monoisotopic (exact) mass is 414 g/mol. The van der Waals surface area contributed by atoms with Crippen LogP contribution in [0.2, 0.25) is 10.0 Å². The number of nitrogens with one attached hydrogen (secondary N) is 1. The number of halogens is 2. The summed E-state index contributed by atoms with van der Waals surface area (Å²) in [4.78, 5) is 28.6. The lowest BCUT2D eigenvalue weighted by atomic mass is 10.0. The molecule has 7 heteroatoms. The van der Waals surface area contributed by atoms with Crippen molar-refractivity contribution in [3.05, 3.63) is 88.2 Å². The molecule has 0 unspecified atom stereocenters. The standard InChI is InChI=1S/C21H16Cl2N2O3/c1-13(28-19-7-4-16(22)12-18(19)23)21(27)25-17-5-2-14(3-6-17)20(26)15-8-10-24-11-9-15/h2-13H,1H3,(H,25,27)/t13-/m0/s1. The number of pyridine rings is 1. The summed E-state index contributed by atoms with van der Waals surface area (Å²) >= 11 is 11.9. The fourth-order valence-corrected chi connectivity index (χ4v) is 2.89. The van der Waals surface area contributed by atoms with Crippen LogP contribution in [-0.2, 0) is 4.79 Å². The minimum atomic E-state index is -0.781. The maximum absolute atomic E-state index is 12.4. The first-order valence-corrected chi connectivity index (χ1v) is 9.17. The van der Waals surface area contributed by atoms with Crippen LogP contribution in [-0.4, -0.2) is 22.8 Å². The summed E-state index contributed by atoms with van der Waals surface area (Å²) in [7, 11) is 0. The number of carbonyl (C=O) groups is 2. The van der Waals surface area contributed by atoms with Gasteiger partial charge in [0.15, 0.2) is 11.9 Å². The van der Waals surface area contributed by atoms with Gasteiger partial charge in [-0.3, -0.25) is 14.6 Å². The van der Waals surface area contributed by atoms with E-state index in [9.17, 15) is 9.59 Å². The van der Waals surface area contributed by atoms with Crippen LogP contribution in [0.1, 0.15) is 22.8 Å². The third-order valence-corrected chi connectivity index (χ3v) is 4.45. The second-order valence-corrected chi connectivity index (χ2v) is 6.81. The van der Waals surface area contributed by atoms with Crippen molar-refractivity contribution in [1.82, 2.24) is 4.98 Å². The zero-order valence-electron chi connectivity index (χ0n) is 14.9. The van der Waals surface area contributed by atoms with E-state index in [4.69, 9.17) is 27.9 Å². The molecule has 5 nitrogen and oxygen atoms in total. The SMILES string of the molecule is C[C@H](Oc1ccc(Cl)cc1Cl)C(=O)Nc1ccc(C(=O)c2ccncc2)cc1. The molecule has 0 saturated heterocycles. The molecule has 142 valence electrons. The number of ketones is 1. The molecule has 1 aromatic heterocycles. The predicted octanol–water partition coefficient (Wildman–Crippen LogP) is 5.03. The van der Waals surface area contributed by atoms with Gasteiger partial charge in [-0.15, -0.1) is 0 Å². The Bertz CT molecular complexity index is 992. The van der Waals surface area contributed by atoms with Crippen LogP contribution in [0.5, 0.6) is 5.75 Å². The van der Waals surface area contributed by atoms with Gasteiger partial charge in [0.2, 0.25) is 0 Å². The lowest BCUT2D eigenvalue weighted by Gasteiger charge is -2.16. The quantitative estimate of drug-likeness (QED) is 0.574. The molecule has 0 saturated carbocycles. The number of hydrogen-bond donors (Lipinski definition) is 1. The fraction of sp³-hybridized carbons (Fsp3) is 0.0952. The Morgan fingerprint density at radius 2 is 1.61 bits per heavy atom. The normalized spacial score (nSPS) is 11.5. The molecular formula is C21H16Cl2N2O3. The van der Waals surface area contributed by atoms with E-state index in [1.54, 1.807) is 73.9 Å². The second kappa shape index (κ2) is 8.87. The summed E-state index contributed by atoms with van der Waals surface area (Å²) in [5, 5.41) is 3.55. The first-order chi connectivity index (χ1) is 13.4. The van der Waals surface area contributed by atoms with Crippen LogP contribution < -0.4 is 10.1 Å². The van der Waals surface area contributed by atoms with E-state index in [2.05, 4.69) is 10.3 Å². The number of amides is 1. The van der Waals surface area contributed by atoms with Crippen molar-refractivity contribution in [3.8, 4) is 5.75 Å². The molecule has 0 fully saturated rings. The van der Waals surface area contributed by atoms with Crippen LogP contribution in [0.3, 0.4) is 0 Å². The molecule has 3 aromatic rings. The largest absolute Gasteiger partial charge is 0.479 e. The first-order valence-electron chi connectivity index (χ1n) is 8.41. The second-order valence-electron chi connectivity index (χ2n) is 5.97. The topological polar surface area (TPSA) is 68.3 Å². The summed E-state index contributed by atoms with van der Waals surface area (Å²) < 4.78 is 5.59. The highest BCUT2D eigenvalue weighted by Crippen LogP contribution is 2.28. The van der Waals surface area contributed by atoms with Crippen molar-refractivity contribution < 1.29 is 14.3 Å². The van der Waals surface area contributed by atoms with Crippen LogP contribution in [0.15, 0.2) is 67.0 Å². The summed E-state index contributed by atoms with van der Waals surface area (Å²) in [6, 6.07) is 14.7. The number of benzene rings is 2. The average molecular weight is 415 g/mol. The van der Waals surface area contributed by atoms with E-state index in [0.717, 1.165) is 0 Å². The highest BCUT2D eigenvalue weighted by molar-refractivity contribution is 6.35. The van der Waals surface area contributed by atoms with Gasteiger partial charge in [0, 0.05) is 34.2 Å². The van der Waals surface area contributed by atoms with Gasteiger partial charge in [-0.05, 0) is 61.5 Å². The molecule has 1 atom stereocenters. The van der Waals surface area contributed by atoms with E-state index in [1.807, 2.05) is 0 Å². The zero-order chi connectivity index (χ0) is 20.1. The highest BCUT2D eigenvalue weighted by Gasteiger charge is 2.17. The molecule has 0 radical (unpaired) electrons. The highest BCUT2D eigenvalue weighted by atomic mass is 35.5. The molecular weight excluding hydrogens is 399 g/mol. The molecule has 0 aliphatic carbocycles. The Morgan fingerprint density at radius 3 is 2.25 bits per heavy atom. The maximum atomic E-state index is 12.4. The minimum Gasteiger partial charge on any atom is -0.479 e. The van der Waals surface area contributed by atoms with Gasteiger partial charge in [0.1, 0.15) is 5.75 Å². The van der Waals surface area contributed by atoms with Crippen LogP contribution in [0.4, 0.5) is 5.69 Å². The van der Waals surface area contributed by atoms with Crippen molar-refractivity contribution in [2.45, 2.75) is 13.0 Å². The van der Waals surface area contributed by atoms with Gasteiger partial charge in [-0.1, -0.05) is 23.2 Å². The number of nitrogens with zero attached hydrogens (tertiary/aromatic N) is 1. The number of rotatable bonds is 6. The zero-order valence-corrected chi connectivity index (χ0v) is 16.4. The molecule has 0 spiro atoms. The van der Waals surface area contributed by atoms with Crippen molar-refractivity contribution in [1.29, 1.82) is 0 Å². The Hall–Kier alpha value is -2.89. The van der Waals surface area contributed by atoms with Crippen molar-refractivity contribution in [2.24, 2.45) is 0 Å². The Labute approximate surface area is 172 Å². The Kier molecular flexibility index (Phi) is 6.29. The molecule has 0 bridgehead atoms. The fourth-order valence-electron chi connectivity index (χ4n) is 2.43. The van der Waals surface area contributed by atoms with E-state index >= 15 is 0 Å². The smallest absolute Gasteiger partial charge is 0.265 e. The molecule has 2 aromatic carbocycles. The van der Waals surface area contributed by atoms with E-state index in [-0.39, 0.29) is 11.7 Å². The maximum Gasteiger partial charge on any atom is 0.265 e. The van der Waals surface area contributed by atoms with Crippen molar-refractivity contribution in [3.63, 3.8) is 0 Å². The van der Waals surface area contributed by atoms with Crippen molar-refractivity contribution >= 4 is 40.6 Å². The Morgan fingerprint density at radius 1 is 0.964 bits per heavy atom. The van der Waals surface area contributed by atoms with Crippen LogP contribution in [0.25, 0.3) is 0 Å². The number of anilines is 1. The van der Waals surface area contributed by atoms with Gasteiger partial charge in [-0.25, -0.2) is 0 Å². The summed E-state index contributed by atoms with van der Waals surface area (Å²) in [6.07, 6.45) is 2.35. The first kappa shape index (κ1) is 19.9. The molecule has 3 rings (SSSR count). The van der Waals surface area contributed by atoms with E-state index in [1.165, 1.54) is 0 Å². The van der Waals surface area contributed by atoms with Crippen LogP contribution >= 0.6 is 23.2 Å². The molecule has 0 aliphatic rings. The summed E-state index contributed by atoms with van der Waals surface area (Å²) in [6.45, 7) is 1.61. The lowest BCUT2D eigenvalue weighted by Crippen LogP contribution is -2.30. The van der Waals surface area contributed by atoms with Gasteiger partial charge >= 0.3 is 0 Å². The summed E-state index contributed by atoms with van der Waals surface area (Å²) in [5.41, 5.74) is 1.61. The number of hydrogen-bond acceptors (Lipinski definition) is 4. The third kappa shape index (κ3) is 4.88. The lowest BCUT2D eigenvalue weighted by molar-refractivity contribution is -0.122. The van der Waals surface area contributed by atoms with Gasteiger partial charge in [0.25, 0.3) is 5.91 Å². The molecule has 0 aliphatic heterocycles. The Balaban J connectivity index is 1.63. The van der Waals surface area contributed by atoms with E-state index in [0.29, 0.717) is 32.6 Å². The molecule has 1 N–H and O–H groups in total. The number of ether oxygens (including phenoxy) is 1. The number of carbonyl (C=O) groups excluding carboxylic acids is 2. The average Bonchev–Trinajstić information content (AvgIpc) is 2.70. The van der Waals surface area contributed by atoms with Gasteiger partial charge in [0.05, 0.1) is 5.02 Å². The van der Waals surface area contributed by atoms with Gasteiger partial charge < -0.3 is 10.1 Å². The minimum absolute atomic E-state index is 0.116. The summed E-state index contributed by atoms with van der Waals surface area (Å²) in [5.74, 6) is -0.0967. The molecule has 28 heavy (non-hydrogen) atoms. The molecule has 1 heterocycles. The van der Waals surface area contributed by atoms with Gasteiger partial charge in [-0.2, -0.15) is 0 Å².